The van der Waals surface area contributed by atoms with Gasteiger partial charge in [0.05, 0.1) is 5.69 Å². The summed E-state index contributed by atoms with van der Waals surface area (Å²) in [7, 11) is 0. The Morgan fingerprint density at radius 2 is 1.65 bits per heavy atom. The Kier molecular flexibility index (Phi) is 6.65. The predicted octanol–water partition coefficient (Wildman–Crippen LogP) is 5.62. The molecule has 0 aliphatic carbocycles. The van der Waals surface area contributed by atoms with E-state index in [2.05, 4.69) is 39.4 Å². The van der Waals surface area contributed by atoms with Crippen LogP contribution in [0.5, 0.6) is 5.75 Å². The van der Waals surface area contributed by atoms with Gasteiger partial charge in [-0.15, -0.1) is 0 Å². The van der Waals surface area contributed by atoms with E-state index in [1.165, 1.54) is 6.08 Å². The Morgan fingerprint density at radius 3 is 2.35 bits per heavy atom. The minimum Gasteiger partial charge on any atom is -0.488 e. The summed E-state index contributed by atoms with van der Waals surface area (Å²) in [5, 5.41) is 2.26. The fourth-order valence-electron chi connectivity index (χ4n) is 3.86. The number of benzene rings is 3. The molecule has 0 saturated carbocycles. The second-order valence-electron chi connectivity index (χ2n) is 8.21. The van der Waals surface area contributed by atoms with Crippen LogP contribution in [0, 0.1) is 20.8 Å². The first-order chi connectivity index (χ1) is 16.2. The highest BCUT2D eigenvalue weighted by Crippen LogP contribution is 2.28. The number of nitrogens with zero attached hydrogens (tertiary/aromatic N) is 1. The van der Waals surface area contributed by atoms with Crippen molar-refractivity contribution in [2.75, 3.05) is 4.90 Å². The van der Waals surface area contributed by atoms with E-state index in [4.69, 9.17) is 4.74 Å². The van der Waals surface area contributed by atoms with Crippen molar-refractivity contribution >= 4 is 45.5 Å². The number of aryl methyl sites for hydroxylation is 3. The average Bonchev–Trinajstić information content (AvgIpc) is 2.77. The maximum atomic E-state index is 13.2. The van der Waals surface area contributed by atoms with E-state index in [-0.39, 0.29) is 5.57 Å². The van der Waals surface area contributed by atoms with Gasteiger partial charge in [0.1, 0.15) is 17.9 Å². The second-order valence-corrected chi connectivity index (χ2v) is 9.07. The van der Waals surface area contributed by atoms with Crippen LogP contribution in [-0.2, 0) is 16.2 Å². The molecule has 1 N–H and O–H groups in total. The number of nitrogens with one attached hydrogen (secondary N) is 1. The molecule has 1 fully saturated rings. The molecule has 34 heavy (non-hydrogen) atoms. The van der Waals surface area contributed by atoms with Crippen LogP contribution < -0.4 is 15.0 Å². The molecule has 1 aliphatic rings. The summed E-state index contributed by atoms with van der Waals surface area (Å²) in [6.07, 6.45) is 1.46. The fourth-order valence-corrected chi connectivity index (χ4v) is 4.11. The monoisotopic (exact) mass is 518 g/mol. The van der Waals surface area contributed by atoms with Crippen LogP contribution in [0.3, 0.4) is 0 Å². The molecule has 0 atom stereocenters. The van der Waals surface area contributed by atoms with Gasteiger partial charge in [0, 0.05) is 10.0 Å². The van der Waals surface area contributed by atoms with Crippen LogP contribution >= 0.6 is 15.9 Å². The number of para-hydroxylation sites is 1. The van der Waals surface area contributed by atoms with Gasteiger partial charge in [0.2, 0.25) is 0 Å². The molecule has 0 unspecified atom stereocenters. The number of hydrogen-bond donors (Lipinski definition) is 1. The largest absolute Gasteiger partial charge is 0.488 e. The predicted molar refractivity (Wildman–Crippen MR) is 135 cm³/mol. The SMILES string of the molecule is Cc1cc(C)cc(COc2ccccc2/C=C2/C(=O)NC(=O)N(c3ccc(Br)c(C)c3)C2=O)c1. The number of carbonyl (C=O) groups is 3. The minimum atomic E-state index is -0.784. The van der Waals surface area contributed by atoms with E-state index in [0.717, 1.165) is 31.6 Å². The highest BCUT2D eigenvalue weighted by atomic mass is 79.9. The third kappa shape index (κ3) is 4.94. The lowest BCUT2D eigenvalue weighted by Crippen LogP contribution is -2.54. The van der Waals surface area contributed by atoms with Gasteiger partial charge in [-0.25, -0.2) is 9.69 Å². The normalized spacial score (nSPS) is 15.0. The Balaban J connectivity index is 1.65. The Bertz CT molecular complexity index is 1330. The number of barbiturate groups is 1. The standard InChI is InChI=1S/C27H23BrN2O4/c1-16-10-17(2)12-19(11-16)15-34-24-7-5-4-6-20(24)14-22-25(31)29-27(33)30(26(22)32)21-8-9-23(28)18(3)13-21/h4-14H,15H2,1-3H3,(H,29,31,33)/b22-14-. The number of rotatable bonds is 5. The molecule has 3 aromatic rings. The zero-order chi connectivity index (χ0) is 24.4. The highest BCUT2D eigenvalue weighted by Gasteiger charge is 2.37. The summed E-state index contributed by atoms with van der Waals surface area (Å²) in [5.74, 6) is -0.915. The van der Waals surface area contributed by atoms with Crippen LogP contribution in [0.2, 0.25) is 0 Å². The zero-order valence-corrected chi connectivity index (χ0v) is 20.6. The van der Waals surface area contributed by atoms with Gasteiger partial charge in [-0.1, -0.05) is 63.5 Å². The summed E-state index contributed by atoms with van der Waals surface area (Å²) in [4.78, 5) is 39.3. The molecule has 4 rings (SSSR count). The van der Waals surface area contributed by atoms with E-state index in [0.29, 0.717) is 23.6 Å². The molecule has 172 valence electrons. The molecule has 3 aromatic carbocycles. The van der Waals surface area contributed by atoms with E-state index in [1.54, 1.807) is 36.4 Å². The topological polar surface area (TPSA) is 75.7 Å². The number of halogens is 1. The molecule has 1 heterocycles. The van der Waals surface area contributed by atoms with E-state index in [9.17, 15) is 14.4 Å². The number of carbonyl (C=O) groups excluding carboxylic acids is 3. The lowest BCUT2D eigenvalue weighted by molar-refractivity contribution is -0.122. The zero-order valence-electron chi connectivity index (χ0n) is 19.0. The van der Waals surface area contributed by atoms with Gasteiger partial charge in [-0.3, -0.25) is 14.9 Å². The van der Waals surface area contributed by atoms with Gasteiger partial charge in [0.15, 0.2) is 0 Å². The number of anilines is 1. The molecule has 1 saturated heterocycles. The summed E-state index contributed by atoms with van der Waals surface area (Å²) >= 11 is 3.41. The molecule has 6 nitrogen and oxygen atoms in total. The number of amides is 4. The molecule has 0 bridgehead atoms. The van der Waals surface area contributed by atoms with Crippen LogP contribution in [0.25, 0.3) is 6.08 Å². The first-order valence-electron chi connectivity index (χ1n) is 10.7. The van der Waals surface area contributed by atoms with Gasteiger partial charge in [0.25, 0.3) is 11.8 Å². The molecular weight excluding hydrogens is 496 g/mol. The molecule has 1 aliphatic heterocycles. The summed E-state index contributed by atoms with van der Waals surface area (Å²) in [6, 6.07) is 17.7. The summed E-state index contributed by atoms with van der Waals surface area (Å²) < 4.78 is 6.88. The Morgan fingerprint density at radius 1 is 0.941 bits per heavy atom. The smallest absolute Gasteiger partial charge is 0.335 e. The molecule has 0 aromatic heterocycles. The first-order valence-corrected chi connectivity index (χ1v) is 11.5. The first kappa shape index (κ1) is 23.4. The van der Waals surface area contributed by atoms with Gasteiger partial charge in [-0.2, -0.15) is 0 Å². The summed E-state index contributed by atoms with van der Waals surface area (Å²) in [5.41, 5.74) is 4.95. The quantitative estimate of drug-likeness (QED) is 0.351. The molecule has 0 radical (unpaired) electrons. The van der Waals surface area contributed by atoms with Crippen molar-refractivity contribution in [1.29, 1.82) is 0 Å². The van der Waals surface area contributed by atoms with Crippen molar-refractivity contribution < 1.29 is 19.1 Å². The van der Waals surface area contributed by atoms with Crippen molar-refractivity contribution in [3.8, 4) is 5.75 Å². The lowest BCUT2D eigenvalue weighted by Gasteiger charge is -2.26. The van der Waals surface area contributed by atoms with Crippen LogP contribution in [0.4, 0.5) is 10.5 Å². The highest BCUT2D eigenvalue weighted by molar-refractivity contribution is 9.10. The van der Waals surface area contributed by atoms with Gasteiger partial charge in [-0.05, 0) is 62.2 Å². The maximum absolute atomic E-state index is 13.2. The van der Waals surface area contributed by atoms with Crippen molar-refractivity contribution in [2.24, 2.45) is 0 Å². The number of ether oxygens (including phenoxy) is 1. The average molecular weight is 519 g/mol. The summed E-state index contributed by atoms with van der Waals surface area (Å²) in [6.45, 7) is 6.25. The molecule has 0 spiro atoms. The van der Waals surface area contributed by atoms with Crippen LogP contribution in [-0.4, -0.2) is 17.8 Å². The molecule has 4 amide bonds. The Labute approximate surface area is 206 Å². The van der Waals surface area contributed by atoms with Gasteiger partial charge >= 0.3 is 6.03 Å². The second kappa shape index (κ2) is 9.65. The number of hydrogen-bond acceptors (Lipinski definition) is 4. The number of imide groups is 2. The third-order valence-electron chi connectivity index (χ3n) is 5.40. The van der Waals surface area contributed by atoms with Crippen molar-refractivity contribution in [3.05, 3.63) is 98.5 Å². The van der Waals surface area contributed by atoms with E-state index >= 15 is 0 Å². The molecular formula is C27H23BrN2O4. The van der Waals surface area contributed by atoms with Gasteiger partial charge < -0.3 is 4.74 Å². The third-order valence-corrected chi connectivity index (χ3v) is 6.29. The van der Waals surface area contributed by atoms with Crippen molar-refractivity contribution in [2.45, 2.75) is 27.4 Å². The maximum Gasteiger partial charge on any atom is 0.335 e. The fraction of sp³-hybridized carbons (Fsp3) is 0.148. The minimum absolute atomic E-state index is 0.150. The van der Waals surface area contributed by atoms with Crippen LogP contribution in [0.15, 0.2) is 70.7 Å². The molecule has 7 heteroatoms. The van der Waals surface area contributed by atoms with E-state index < -0.39 is 17.8 Å². The van der Waals surface area contributed by atoms with Crippen LogP contribution in [0.1, 0.15) is 27.8 Å². The van der Waals surface area contributed by atoms with Crippen molar-refractivity contribution in [1.82, 2.24) is 5.32 Å². The van der Waals surface area contributed by atoms with Crippen molar-refractivity contribution in [3.63, 3.8) is 0 Å². The van der Waals surface area contributed by atoms with E-state index in [1.807, 2.05) is 26.8 Å². The number of urea groups is 1. The Hall–Kier alpha value is -3.71. The lowest BCUT2D eigenvalue weighted by atomic mass is 10.1.